The molecule has 0 spiro atoms. The fraction of sp³-hybridized carbons (Fsp3) is 0.550. The standard InChI is InChI=1S/C20H25ClO6Si/c1-19(2)26-16-18(27-19)25-15(20(16,23)10-11-28(3,4)5)12-24-17(22)13-6-8-14(21)9-7-13/h6-9,15-16,18,23H,12H2,1-5H3/t15-,16+,18-,20-/m1/s1. The molecule has 0 amide bonds. The van der Waals surface area contributed by atoms with Crippen LogP contribution in [0.3, 0.4) is 0 Å². The summed E-state index contributed by atoms with van der Waals surface area (Å²) in [4.78, 5) is 12.3. The number of benzene rings is 1. The Morgan fingerprint density at radius 1 is 1.25 bits per heavy atom. The van der Waals surface area contributed by atoms with Gasteiger partial charge in [0.05, 0.1) is 5.56 Å². The lowest BCUT2D eigenvalue weighted by molar-refractivity contribution is -0.225. The number of hydrogen-bond donors (Lipinski definition) is 1. The van der Waals surface area contributed by atoms with Crippen LogP contribution in [0, 0.1) is 11.5 Å². The van der Waals surface area contributed by atoms with E-state index in [4.69, 9.17) is 30.5 Å². The molecule has 0 aromatic heterocycles. The summed E-state index contributed by atoms with van der Waals surface area (Å²) < 4.78 is 22.8. The zero-order valence-electron chi connectivity index (χ0n) is 16.6. The molecule has 1 aromatic rings. The highest BCUT2D eigenvalue weighted by molar-refractivity contribution is 6.83. The average Bonchev–Trinajstić information content (AvgIpc) is 3.02. The number of fused-ring (bicyclic) bond motifs is 1. The summed E-state index contributed by atoms with van der Waals surface area (Å²) in [5, 5.41) is 11.9. The molecule has 3 rings (SSSR count). The Balaban J connectivity index is 1.78. The van der Waals surface area contributed by atoms with Gasteiger partial charge in [-0.05, 0) is 38.1 Å². The molecule has 0 unspecified atom stereocenters. The SMILES string of the molecule is CC1(C)O[C@H]2O[C@H](COC(=O)c3ccc(Cl)cc3)[C@](O)(C#C[Si](C)(C)C)[C@H]2O1. The van der Waals surface area contributed by atoms with Gasteiger partial charge in [0.15, 0.2) is 23.8 Å². The van der Waals surface area contributed by atoms with Crippen LogP contribution in [0.1, 0.15) is 24.2 Å². The van der Waals surface area contributed by atoms with Crippen LogP contribution in [0.5, 0.6) is 0 Å². The molecular weight excluding hydrogens is 400 g/mol. The van der Waals surface area contributed by atoms with Crippen LogP contribution in [0.15, 0.2) is 24.3 Å². The summed E-state index contributed by atoms with van der Waals surface area (Å²) in [6.07, 6.45) is -2.46. The maximum absolute atomic E-state index is 12.3. The van der Waals surface area contributed by atoms with E-state index in [0.717, 1.165) is 0 Å². The number of halogens is 1. The smallest absolute Gasteiger partial charge is 0.338 e. The van der Waals surface area contributed by atoms with Crippen LogP contribution in [0.25, 0.3) is 0 Å². The second-order valence-corrected chi connectivity index (χ2v) is 13.7. The van der Waals surface area contributed by atoms with Gasteiger partial charge in [-0.2, -0.15) is 0 Å². The third kappa shape index (κ3) is 4.59. The minimum Gasteiger partial charge on any atom is -0.459 e. The van der Waals surface area contributed by atoms with Gasteiger partial charge in [-0.1, -0.05) is 37.2 Å². The van der Waals surface area contributed by atoms with Crippen LogP contribution in [-0.2, 0) is 18.9 Å². The highest BCUT2D eigenvalue weighted by atomic mass is 35.5. The van der Waals surface area contributed by atoms with E-state index >= 15 is 0 Å². The topological polar surface area (TPSA) is 74.2 Å². The molecule has 2 aliphatic heterocycles. The first-order valence-corrected chi connectivity index (χ1v) is 13.0. The van der Waals surface area contributed by atoms with Gasteiger partial charge in [0.1, 0.15) is 20.8 Å². The summed E-state index contributed by atoms with van der Waals surface area (Å²) in [7, 11) is -1.78. The molecule has 4 atom stereocenters. The van der Waals surface area contributed by atoms with E-state index in [9.17, 15) is 9.90 Å². The largest absolute Gasteiger partial charge is 0.459 e. The van der Waals surface area contributed by atoms with Gasteiger partial charge < -0.3 is 24.1 Å². The molecule has 152 valence electrons. The fourth-order valence-corrected chi connectivity index (χ4v) is 3.70. The zero-order chi connectivity index (χ0) is 20.7. The lowest BCUT2D eigenvalue weighted by Gasteiger charge is -2.29. The predicted molar refractivity (Wildman–Crippen MR) is 107 cm³/mol. The molecule has 8 heteroatoms. The van der Waals surface area contributed by atoms with Crippen molar-refractivity contribution in [2.24, 2.45) is 0 Å². The number of aliphatic hydroxyl groups is 1. The zero-order valence-corrected chi connectivity index (χ0v) is 18.4. The van der Waals surface area contributed by atoms with Gasteiger partial charge in [-0.25, -0.2) is 4.79 Å². The molecular formula is C20H25ClO6Si. The first-order chi connectivity index (χ1) is 12.9. The van der Waals surface area contributed by atoms with Crippen molar-refractivity contribution in [1.29, 1.82) is 0 Å². The van der Waals surface area contributed by atoms with Crippen LogP contribution in [0.4, 0.5) is 0 Å². The molecule has 2 fully saturated rings. The molecule has 1 aromatic carbocycles. The molecule has 1 N–H and O–H groups in total. The van der Waals surface area contributed by atoms with E-state index in [1.54, 1.807) is 38.1 Å². The number of ether oxygens (including phenoxy) is 4. The van der Waals surface area contributed by atoms with Crippen molar-refractivity contribution in [3.8, 4) is 11.5 Å². The third-order valence-corrected chi connectivity index (χ3v) is 5.49. The van der Waals surface area contributed by atoms with Crippen LogP contribution in [-0.4, -0.2) is 55.6 Å². The Hall–Kier alpha value is -1.40. The van der Waals surface area contributed by atoms with Crippen molar-refractivity contribution in [2.45, 2.75) is 63.4 Å². The van der Waals surface area contributed by atoms with E-state index < -0.39 is 43.9 Å². The molecule has 0 saturated carbocycles. The lowest BCUT2D eigenvalue weighted by atomic mass is 9.94. The fourth-order valence-electron chi connectivity index (χ4n) is 3.00. The Bertz CT molecular complexity index is 807. The molecule has 2 heterocycles. The van der Waals surface area contributed by atoms with Gasteiger partial charge >= 0.3 is 5.97 Å². The number of esters is 1. The number of carbonyl (C=O) groups excluding carboxylic acids is 1. The van der Waals surface area contributed by atoms with Crippen molar-refractivity contribution in [2.75, 3.05) is 6.61 Å². The Kier molecular flexibility index (Phi) is 5.67. The number of rotatable bonds is 3. The first kappa shape index (κ1) is 21.3. The minimum atomic E-state index is -1.78. The summed E-state index contributed by atoms with van der Waals surface area (Å²) in [5.74, 6) is 1.52. The molecule has 0 bridgehead atoms. The number of carbonyl (C=O) groups is 1. The molecule has 2 saturated heterocycles. The monoisotopic (exact) mass is 424 g/mol. The van der Waals surface area contributed by atoms with E-state index in [2.05, 4.69) is 31.1 Å². The van der Waals surface area contributed by atoms with Gasteiger partial charge in [0.25, 0.3) is 0 Å². The maximum atomic E-state index is 12.3. The normalized spacial score (nSPS) is 31.0. The minimum absolute atomic E-state index is 0.182. The molecule has 2 aliphatic rings. The molecule has 0 radical (unpaired) electrons. The first-order valence-electron chi connectivity index (χ1n) is 9.10. The predicted octanol–water partition coefficient (Wildman–Crippen LogP) is 2.99. The van der Waals surface area contributed by atoms with Crippen molar-refractivity contribution in [3.05, 3.63) is 34.9 Å². The van der Waals surface area contributed by atoms with E-state index in [0.29, 0.717) is 10.6 Å². The summed E-state index contributed by atoms with van der Waals surface area (Å²) >= 11 is 5.84. The van der Waals surface area contributed by atoms with Crippen molar-refractivity contribution in [3.63, 3.8) is 0 Å². The highest BCUT2D eigenvalue weighted by Gasteiger charge is 2.63. The number of hydrogen-bond acceptors (Lipinski definition) is 6. The second kappa shape index (κ2) is 7.45. The van der Waals surface area contributed by atoms with Crippen molar-refractivity contribution in [1.82, 2.24) is 0 Å². The van der Waals surface area contributed by atoms with E-state index in [-0.39, 0.29) is 6.61 Å². The van der Waals surface area contributed by atoms with Crippen molar-refractivity contribution >= 4 is 25.6 Å². The quantitative estimate of drug-likeness (QED) is 0.456. The van der Waals surface area contributed by atoms with Crippen LogP contribution < -0.4 is 0 Å². The van der Waals surface area contributed by atoms with Gasteiger partial charge in [0, 0.05) is 5.02 Å². The summed E-state index contributed by atoms with van der Waals surface area (Å²) in [6, 6.07) is 6.35. The maximum Gasteiger partial charge on any atom is 0.338 e. The van der Waals surface area contributed by atoms with Gasteiger partial charge in [0.2, 0.25) is 0 Å². The van der Waals surface area contributed by atoms with Crippen molar-refractivity contribution < 1.29 is 28.8 Å². The van der Waals surface area contributed by atoms with Crippen LogP contribution in [0.2, 0.25) is 24.7 Å². The van der Waals surface area contributed by atoms with E-state index in [1.807, 2.05) is 0 Å². The second-order valence-electron chi connectivity index (χ2n) is 8.48. The van der Waals surface area contributed by atoms with Gasteiger partial charge in [-0.3, -0.25) is 0 Å². The van der Waals surface area contributed by atoms with E-state index in [1.165, 1.54) is 0 Å². The molecule has 6 nitrogen and oxygen atoms in total. The lowest BCUT2D eigenvalue weighted by Crippen LogP contribution is -2.50. The Morgan fingerprint density at radius 2 is 1.89 bits per heavy atom. The Labute approximate surface area is 171 Å². The van der Waals surface area contributed by atoms with Gasteiger partial charge in [-0.15, -0.1) is 5.54 Å². The molecule has 28 heavy (non-hydrogen) atoms. The summed E-state index contributed by atoms with van der Waals surface area (Å²) in [5.41, 5.74) is 1.88. The third-order valence-electron chi connectivity index (χ3n) is 4.36. The van der Waals surface area contributed by atoms with Crippen LogP contribution >= 0.6 is 11.6 Å². The highest BCUT2D eigenvalue weighted by Crippen LogP contribution is 2.43. The average molecular weight is 425 g/mol. The molecule has 0 aliphatic carbocycles. The Morgan fingerprint density at radius 3 is 2.50 bits per heavy atom. The summed E-state index contributed by atoms with van der Waals surface area (Å²) in [6.45, 7) is 9.53.